The normalized spacial score (nSPS) is 42.6. The first-order valence-electron chi connectivity index (χ1n) is 13.2. The number of rotatable bonds is 7. The van der Waals surface area contributed by atoms with Crippen LogP contribution in [0.1, 0.15) is 91.9 Å². The lowest BCUT2D eigenvalue weighted by Gasteiger charge is -2.64. The van der Waals surface area contributed by atoms with Gasteiger partial charge in [0.15, 0.2) is 0 Å². The van der Waals surface area contributed by atoms with E-state index in [-0.39, 0.29) is 47.3 Å². The van der Waals surface area contributed by atoms with Gasteiger partial charge in [-0.15, -0.1) is 0 Å². The van der Waals surface area contributed by atoms with Gasteiger partial charge in [-0.05, 0) is 87.9 Å². The van der Waals surface area contributed by atoms with Gasteiger partial charge >= 0.3 is 17.9 Å². The van der Waals surface area contributed by atoms with Gasteiger partial charge in [-0.1, -0.05) is 26.8 Å². The Kier molecular flexibility index (Phi) is 6.67. The van der Waals surface area contributed by atoms with Crippen LogP contribution in [0.5, 0.6) is 0 Å². The Labute approximate surface area is 204 Å². The number of carbonyl (C=O) groups excluding carboxylic acids is 3. The van der Waals surface area contributed by atoms with Gasteiger partial charge in [-0.2, -0.15) is 0 Å². The molecular weight excluding hydrogens is 432 g/mol. The summed E-state index contributed by atoms with van der Waals surface area (Å²) in [5.41, 5.74) is -0.131. The molecule has 0 N–H and O–H groups in total. The van der Waals surface area contributed by atoms with Crippen LogP contribution in [0.15, 0.2) is 12.7 Å². The monoisotopic (exact) mass is 474 g/mol. The molecule has 6 nitrogen and oxygen atoms in total. The summed E-state index contributed by atoms with van der Waals surface area (Å²) in [6.45, 7) is 12.6. The summed E-state index contributed by atoms with van der Waals surface area (Å²) in [4.78, 5) is 36.9. The molecule has 4 aliphatic carbocycles. The first-order chi connectivity index (χ1) is 16.0. The molecule has 6 heteroatoms. The second kappa shape index (κ2) is 8.98. The molecule has 1 spiro atoms. The lowest BCUT2D eigenvalue weighted by atomic mass is 9.40. The van der Waals surface area contributed by atoms with E-state index in [1.165, 1.54) is 0 Å². The standard InChI is InChI=1S/C28H42O6/c1-6-22(29)33-16-11-23(30)34-21-17-28-15-10-19-26(4,20(28)9-14-25(21,3)18-28)12-8-13-27(19,5)24(31)32-7-2/h6,19-21H,1,7-18H2,2-5H3/t19?,20?,21-,25-,26-,27-,28-/m1/s1. The summed E-state index contributed by atoms with van der Waals surface area (Å²) >= 11 is 0. The maximum Gasteiger partial charge on any atom is 0.330 e. The van der Waals surface area contributed by atoms with Crippen molar-refractivity contribution < 1.29 is 28.6 Å². The minimum Gasteiger partial charge on any atom is -0.466 e. The highest BCUT2D eigenvalue weighted by atomic mass is 16.6. The molecule has 4 aliphatic rings. The molecule has 190 valence electrons. The van der Waals surface area contributed by atoms with Crippen molar-refractivity contribution in [1.29, 1.82) is 0 Å². The molecule has 4 fully saturated rings. The summed E-state index contributed by atoms with van der Waals surface area (Å²) in [6.07, 6.45) is 10.5. The van der Waals surface area contributed by atoms with Gasteiger partial charge in [0.1, 0.15) is 12.7 Å². The number of ether oxygens (including phenoxy) is 3. The van der Waals surface area contributed by atoms with E-state index in [0.717, 1.165) is 63.9 Å². The van der Waals surface area contributed by atoms with Gasteiger partial charge in [-0.3, -0.25) is 9.59 Å². The molecule has 0 heterocycles. The fourth-order valence-corrected chi connectivity index (χ4v) is 8.94. The lowest BCUT2D eigenvalue weighted by molar-refractivity contribution is -0.187. The zero-order chi connectivity index (χ0) is 24.8. The van der Waals surface area contributed by atoms with E-state index in [9.17, 15) is 14.4 Å². The maximum absolute atomic E-state index is 13.1. The highest BCUT2D eigenvalue weighted by Crippen LogP contribution is 2.74. The van der Waals surface area contributed by atoms with E-state index in [0.29, 0.717) is 18.4 Å². The van der Waals surface area contributed by atoms with Crippen molar-refractivity contribution in [2.75, 3.05) is 13.2 Å². The van der Waals surface area contributed by atoms with Crippen molar-refractivity contribution >= 4 is 17.9 Å². The maximum atomic E-state index is 13.1. The molecule has 4 saturated carbocycles. The molecule has 2 unspecified atom stereocenters. The van der Waals surface area contributed by atoms with Gasteiger partial charge in [0.05, 0.1) is 18.4 Å². The second-order valence-electron chi connectivity index (χ2n) is 12.2. The average Bonchev–Trinajstić information content (AvgIpc) is 2.97. The van der Waals surface area contributed by atoms with Crippen LogP contribution in [0.2, 0.25) is 0 Å². The van der Waals surface area contributed by atoms with Crippen LogP contribution in [-0.2, 0) is 28.6 Å². The summed E-state index contributed by atoms with van der Waals surface area (Å²) in [5, 5.41) is 0. The average molecular weight is 475 g/mol. The number of hydrogen-bond acceptors (Lipinski definition) is 6. The SMILES string of the molecule is C=CC(=O)OCCC(=O)O[C@@H]1C[C@@]23CCC4[C@@](C)(CCC[C@@]4(C)C(=O)OCC)C2CC[C@]1(C)C3. The predicted molar refractivity (Wildman–Crippen MR) is 128 cm³/mol. The quantitative estimate of drug-likeness (QED) is 0.280. The van der Waals surface area contributed by atoms with E-state index in [4.69, 9.17) is 14.2 Å². The summed E-state index contributed by atoms with van der Waals surface area (Å²) in [5.74, 6) is 0.0477. The molecule has 34 heavy (non-hydrogen) atoms. The van der Waals surface area contributed by atoms with Crippen molar-refractivity contribution in [3.63, 3.8) is 0 Å². The zero-order valence-electron chi connectivity index (χ0n) is 21.5. The first kappa shape index (κ1) is 25.2. The molecular formula is C28H42O6. The van der Waals surface area contributed by atoms with Crippen molar-refractivity contribution in [2.24, 2.45) is 33.5 Å². The van der Waals surface area contributed by atoms with E-state index in [1.807, 2.05) is 6.92 Å². The molecule has 0 aromatic heterocycles. The molecule has 7 atom stereocenters. The Morgan fingerprint density at radius 2 is 1.74 bits per heavy atom. The Morgan fingerprint density at radius 3 is 2.44 bits per heavy atom. The molecule has 0 radical (unpaired) electrons. The third-order valence-electron chi connectivity index (χ3n) is 10.3. The fraction of sp³-hybridized carbons (Fsp3) is 0.821. The highest BCUT2D eigenvalue weighted by molar-refractivity contribution is 5.81. The summed E-state index contributed by atoms with van der Waals surface area (Å²) < 4.78 is 16.6. The lowest BCUT2D eigenvalue weighted by Crippen LogP contribution is -2.58. The van der Waals surface area contributed by atoms with E-state index in [1.54, 1.807) is 0 Å². The smallest absolute Gasteiger partial charge is 0.330 e. The highest BCUT2D eigenvalue weighted by Gasteiger charge is 2.68. The molecule has 0 amide bonds. The number of esters is 3. The van der Waals surface area contributed by atoms with Crippen LogP contribution in [-0.4, -0.2) is 37.2 Å². The summed E-state index contributed by atoms with van der Waals surface area (Å²) in [7, 11) is 0. The van der Waals surface area contributed by atoms with Crippen LogP contribution in [0.25, 0.3) is 0 Å². The van der Waals surface area contributed by atoms with Crippen LogP contribution in [0.3, 0.4) is 0 Å². The third kappa shape index (κ3) is 3.99. The van der Waals surface area contributed by atoms with Crippen LogP contribution in [0.4, 0.5) is 0 Å². The molecule has 0 saturated heterocycles. The van der Waals surface area contributed by atoms with Gasteiger partial charge in [0, 0.05) is 11.5 Å². The minimum absolute atomic E-state index is 0.00768. The van der Waals surface area contributed by atoms with Crippen molar-refractivity contribution in [2.45, 2.75) is 98.0 Å². The van der Waals surface area contributed by atoms with Crippen molar-refractivity contribution in [3.8, 4) is 0 Å². The number of hydrogen-bond donors (Lipinski definition) is 0. The van der Waals surface area contributed by atoms with Crippen molar-refractivity contribution in [1.82, 2.24) is 0 Å². The Hall–Kier alpha value is -1.85. The van der Waals surface area contributed by atoms with Gasteiger partial charge in [-0.25, -0.2) is 4.79 Å². The molecule has 4 rings (SSSR count). The molecule has 0 aromatic carbocycles. The molecule has 0 aromatic rings. The third-order valence-corrected chi connectivity index (χ3v) is 10.3. The minimum atomic E-state index is -0.523. The predicted octanol–water partition coefficient (Wildman–Crippen LogP) is 5.38. The Morgan fingerprint density at radius 1 is 1.00 bits per heavy atom. The Bertz CT molecular complexity index is 852. The fourth-order valence-electron chi connectivity index (χ4n) is 8.94. The number of carbonyl (C=O) groups is 3. The Balaban J connectivity index is 1.50. The first-order valence-corrected chi connectivity index (χ1v) is 13.2. The molecule has 0 aliphatic heterocycles. The topological polar surface area (TPSA) is 78.9 Å². The summed E-state index contributed by atoms with van der Waals surface area (Å²) in [6, 6.07) is 0. The van der Waals surface area contributed by atoms with Crippen LogP contribution in [0, 0.1) is 33.5 Å². The van der Waals surface area contributed by atoms with Crippen LogP contribution < -0.4 is 0 Å². The van der Waals surface area contributed by atoms with Gasteiger partial charge < -0.3 is 14.2 Å². The zero-order valence-corrected chi connectivity index (χ0v) is 21.5. The van der Waals surface area contributed by atoms with Crippen LogP contribution >= 0.6 is 0 Å². The largest absolute Gasteiger partial charge is 0.466 e. The van der Waals surface area contributed by atoms with Gasteiger partial charge in [0.2, 0.25) is 0 Å². The van der Waals surface area contributed by atoms with E-state index >= 15 is 0 Å². The van der Waals surface area contributed by atoms with E-state index in [2.05, 4.69) is 27.4 Å². The van der Waals surface area contributed by atoms with Gasteiger partial charge in [0.25, 0.3) is 0 Å². The number of fused-ring (bicyclic) bond motifs is 3. The molecule has 2 bridgehead atoms. The van der Waals surface area contributed by atoms with E-state index < -0.39 is 11.4 Å². The van der Waals surface area contributed by atoms with Crippen molar-refractivity contribution in [3.05, 3.63) is 12.7 Å². The second-order valence-corrected chi connectivity index (χ2v) is 12.2.